The van der Waals surface area contributed by atoms with Gasteiger partial charge in [-0.05, 0) is 96.0 Å². The molecule has 0 fully saturated rings. The van der Waals surface area contributed by atoms with Crippen molar-refractivity contribution in [3.8, 4) is 0 Å². The highest BCUT2D eigenvalue weighted by Crippen LogP contribution is 2.38. The molecule has 0 aromatic carbocycles. The molecule has 0 saturated carbocycles. The van der Waals surface area contributed by atoms with Crippen LogP contribution in [0.4, 0.5) is 0 Å². The third-order valence-electron chi connectivity index (χ3n) is 14.6. The number of hydrogen-bond acceptors (Lipinski definition) is 7. The molecule has 460 valence electrons. The van der Waals surface area contributed by atoms with Gasteiger partial charge in [0.25, 0.3) is 7.82 Å². The number of carbonyl (C=O) groups excluding carboxylic acids is 2. The average molecular weight is 1130 g/mol. The van der Waals surface area contributed by atoms with Crippen LogP contribution in [0.5, 0.6) is 0 Å². The third-order valence-corrected chi connectivity index (χ3v) is 15.6. The van der Waals surface area contributed by atoms with Crippen molar-refractivity contribution in [3.63, 3.8) is 0 Å². The molecule has 3 unspecified atom stereocenters. The second kappa shape index (κ2) is 58.6. The molecule has 1 N–H and O–H groups in total. The second-order valence-electron chi connectivity index (χ2n) is 23.6. The quantitative estimate of drug-likeness (QED) is 0.0212. The summed E-state index contributed by atoms with van der Waals surface area (Å²) >= 11 is 0. The Morgan fingerprint density at radius 1 is 0.443 bits per heavy atom. The van der Waals surface area contributed by atoms with Gasteiger partial charge in [-0.3, -0.25) is 14.2 Å². The smallest absolute Gasteiger partial charge is 0.306 e. The van der Waals surface area contributed by atoms with E-state index >= 15 is 0 Å². The molecule has 0 aromatic heterocycles. The number of phosphoric acid groups is 1. The molecule has 3 atom stereocenters. The van der Waals surface area contributed by atoms with Crippen LogP contribution >= 0.6 is 7.82 Å². The minimum Gasteiger partial charge on any atom is -0.756 e. The van der Waals surface area contributed by atoms with Gasteiger partial charge in [0.05, 0.1) is 33.8 Å². The zero-order valence-electron chi connectivity index (χ0n) is 52.6. The van der Waals surface area contributed by atoms with Crippen molar-refractivity contribution in [3.05, 3.63) is 72.9 Å². The number of phosphoric ester groups is 1. The number of likely N-dealkylation sites (N-methyl/N-ethyl adjacent to an activating group) is 1. The van der Waals surface area contributed by atoms with Crippen LogP contribution in [0.15, 0.2) is 72.9 Å². The molecule has 0 aliphatic carbocycles. The van der Waals surface area contributed by atoms with Crippen LogP contribution in [0.1, 0.15) is 303 Å². The Hall–Kier alpha value is -2.55. The summed E-state index contributed by atoms with van der Waals surface area (Å²) in [5.74, 6) is -0.600. The maximum atomic E-state index is 13.6. The van der Waals surface area contributed by atoms with E-state index in [0.717, 1.165) is 64.2 Å². The van der Waals surface area contributed by atoms with Gasteiger partial charge in [-0.2, -0.15) is 0 Å². The van der Waals surface area contributed by atoms with E-state index in [0.29, 0.717) is 23.9 Å². The summed E-state index contributed by atoms with van der Waals surface area (Å²) < 4.78 is 30.3. The van der Waals surface area contributed by atoms with E-state index in [4.69, 9.17) is 13.8 Å². The first-order chi connectivity index (χ1) is 38.4. The fraction of sp³-hybridized carbons (Fsp3) is 0.797. The lowest BCUT2D eigenvalue weighted by atomic mass is 10.0. The Morgan fingerprint density at radius 2 is 0.785 bits per heavy atom. The molecule has 1 amide bonds. The number of amides is 1. The number of quaternary nitrogens is 1. The van der Waals surface area contributed by atoms with E-state index in [1.807, 2.05) is 33.3 Å². The van der Waals surface area contributed by atoms with Gasteiger partial charge in [0.1, 0.15) is 19.3 Å². The molecular weight excluding hydrogens is 1000 g/mol. The first kappa shape index (κ1) is 76.5. The van der Waals surface area contributed by atoms with E-state index in [1.165, 1.54) is 199 Å². The van der Waals surface area contributed by atoms with E-state index in [-0.39, 0.29) is 18.9 Å². The number of esters is 1. The van der Waals surface area contributed by atoms with Gasteiger partial charge in [0.15, 0.2) is 0 Å². The molecule has 0 bridgehead atoms. The maximum Gasteiger partial charge on any atom is 0.306 e. The Kier molecular flexibility index (Phi) is 56.7. The Labute approximate surface area is 489 Å². The molecule has 0 spiro atoms. The number of nitrogens with one attached hydrogen (secondary N) is 1. The normalized spacial score (nSPS) is 14.1. The van der Waals surface area contributed by atoms with E-state index in [9.17, 15) is 19.0 Å². The highest BCUT2D eigenvalue weighted by Gasteiger charge is 2.27. The van der Waals surface area contributed by atoms with Crippen LogP contribution < -0.4 is 10.2 Å². The summed E-state index contributed by atoms with van der Waals surface area (Å²) in [5.41, 5.74) is 0. The maximum absolute atomic E-state index is 13.6. The van der Waals surface area contributed by atoms with Crippen LogP contribution in [0.3, 0.4) is 0 Å². The molecule has 0 aromatic rings. The summed E-state index contributed by atoms with van der Waals surface area (Å²) in [6.07, 6.45) is 76.0. The fourth-order valence-corrected chi connectivity index (χ4v) is 10.2. The zero-order valence-corrected chi connectivity index (χ0v) is 53.5. The number of ether oxygens (including phenoxy) is 1. The van der Waals surface area contributed by atoms with Crippen LogP contribution in [0, 0.1) is 0 Å². The highest BCUT2D eigenvalue weighted by atomic mass is 31.2. The minimum absolute atomic E-state index is 0.0319. The number of unbranched alkanes of at least 4 members (excludes halogenated alkanes) is 34. The van der Waals surface area contributed by atoms with Crippen molar-refractivity contribution in [2.24, 2.45) is 0 Å². The number of carbonyl (C=O) groups is 2. The van der Waals surface area contributed by atoms with Crippen molar-refractivity contribution in [1.29, 1.82) is 0 Å². The number of allylic oxidation sites excluding steroid dienone is 11. The van der Waals surface area contributed by atoms with Crippen LogP contribution in [0.2, 0.25) is 0 Å². The van der Waals surface area contributed by atoms with Gasteiger partial charge in [-0.15, -0.1) is 0 Å². The van der Waals surface area contributed by atoms with Gasteiger partial charge in [0.2, 0.25) is 5.91 Å². The van der Waals surface area contributed by atoms with Crippen molar-refractivity contribution < 1.29 is 37.3 Å². The first-order valence-corrected chi connectivity index (χ1v) is 34.7. The SMILES string of the molecule is CCCCC/C=C\C/C=C\C/C=C\C/C=C\CCCC(=O)OC(/C=C\CCCCCCCCCCCCC)C(COP(=O)([O-])OCC[N+](C)(C)C)NC(=O)CCCCCCCCCCCCCCC/C=C/CCCCCCCC. The van der Waals surface area contributed by atoms with Crippen LogP contribution in [-0.4, -0.2) is 69.4 Å². The van der Waals surface area contributed by atoms with Crippen LogP contribution in [0.25, 0.3) is 0 Å². The topological polar surface area (TPSA) is 114 Å². The summed E-state index contributed by atoms with van der Waals surface area (Å²) in [4.78, 5) is 40.1. The molecule has 0 radical (unpaired) electrons. The molecule has 0 heterocycles. The lowest BCUT2D eigenvalue weighted by Gasteiger charge is -2.30. The van der Waals surface area contributed by atoms with E-state index in [2.05, 4.69) is 86.8 Å². The van der Waals surface area contributed by atoms with Gasteiger partial charge in [0, 0.05) is 12.8 Å². The zero-order chi connectivity index (χ0) is 57.9. The lowest BCUT2D eigenvalue weighted by molar-refractivity contribution is -0.870. The van der Waals surface area contributed by atoms with E-state index < -0.39 is 32.5 Å². The van der Waals surface area contributed by atoms with Gasteiger partial charge < -0.3 is 28.5 Å². The molecule has 79 heavy (non-hydrogen) atoms. The van der Waals surface area contributed by atoms with Crippen LogP contribution in [-0.2, 0) is 27.9 Å². The molecule has 0 rings (SSSR count). The number of rotatable bonds is 60. The molecule has 0 aliphatic heterocycles. The van der Waals surface area contributed by atoms with Crippen molar-refractivity contribution in [2.45, 2.75) is 315 Å². The van der Waals surface area contributed by atoms with Crippen molar-refractivity contribution in [2.75, 3.05) is 40.9 Å². The molecular formula is C69H127N2O7P. The lowest BCUT2D eigenvalue weighted by Crippen LogP contribution is -2.47. The van der Waals surface area contributed by atoms with Crippen molar-refractivity contribution >= 4 is 19.7 Å². The fourth-order valence-electron chi connectivity index (χ4n) is 9.45. The summed E-state index contributed by atoms with van der Waals surface area (Å²) in [6, 6.07) is -0.912. The summed E-state index contributed by atoms with van der Waals surface area (Å²) in [6.45, 7) is 6.80. The molecule has 0 aliphatic rings. The predicted octanol–water partition coefficient (Wildman–Crippen LogP) is 20.2. The van der Waals surface area contributed by atoms with Gasteiger partial charge in [-0.25, -0.2) is 0 Å². The number of hydrogen-bond donors (Lipinski definition) is 1. The average Bonchev–Trinajstić information content (AvgIpc) is 3.41. The monoisotopic (exact) mass is 1130 g/mol. The predicted molar refractivity (Wildman–Crippen MR) is 339 cm³/mol. The Morgan fingerprint density at radius 3 is 1.22 bits per heavy atom. The third kappa shape index (κ3) is 59.9. The first-order valence-electron chi connectivity index (χ1n) is 33.2. The molecule has 10 heteroatoms. The Balaban J connectivity index is 5.24. The number of nitrogens with zero attached hydrogens (tertiary/aromatic N) is 1. The molecule has 9 nitrogen and oxygen atoms in total. The van der Waals surface area contributed by atoms with E-state index in [1.54, 1.807) is 0 Å². The largest absolute Gasteiger partial charge is 0.756 e. The van der Waals surface area contributed by atoms with Gasteiger partial charge in [-0.1, -0.05) is 267 Å². The van der Waals surface area contributed by atoms with Gasteiger partial charge >= 0.3 is 5.97 Å². The summed E-state index contributed by atoms with van der Waals surface area (Å²) in [7, 11) is 1.16. The highest BCUT2D eigenvalue weighted by molar-refractivity contribution is 7.45. The standard InChI is InChI=1S/C69H127N2O7P/c1-7-10-13-16-19-22-25-28-30-32-33-34-35-36-37-39-40-43-46-49-52-55-58-61-68(72)70-66(65-77-79(74,75)76-64-63-71(4,5)6)67(60-57-54-51-48-45-42-27-24-21-18-15-12-9-3)78-69(73)62-59-56-53-50-47-44-41-38-31-29-26-23-20-17-14-11-8-2/h20,23,28-31,41,44,50,53,57,60,66-67H,7-19,21-22,24-27,32-40,42-43,45-49,51-52,54-56,58-59,61-65H2,1-6H3,(H-,70,72,74,75)/b23-20-,30-28+,31-29-,44-41-,53-50-,60-57-. The second-order valence-corrected chi connectivity index (χ2v) is 25.0. The van der Waals surface area contributed by atoms with Crippen molar-refractivity contribution in [1.82, 2.24) is 5.32 Å². The summed E-state index contributed by atoms with van der Waals surface area (Å²) in [5, 5.41) is 3.02. The minimum atomic E-state index is -4.71. The molecule has 0 saturated heterocycles. The Bertz CT molecular complexity index is 1580.